The molecule has 0 bridgehead atoms. The van der Waals surface area contributed by atoms with Crippen LogP contribution in [-0.2, 0) is 4.79 Å². The van der Waals surface area contributed by atoms with Crippen LogP contribution in [0.4, 0.5) is 0 Å². The van der Waals surface area contributed by atoms with Gasteiger partial charge in [0.1, 0.15) is 6.61 Å². The molecule has 1 aliphatic rings. The van der Waals surface area contributed by atoms with Gasteiger partial charge in [0.15, 0.2) is 11.5 Å². The lowest BCUT2D eigenvalue weighted by Gasteiger charge is -2.25. The summed E-state index contributed by atoms with van der Waals surface area (Å²) in [6.45, 7) is 3.15. The number of carbonyl (C=O) groups excluding carboxylic acids is 1. The molecule has 1 aromatic carbocycles. The summed E-state index contributed by atoms with van der Waals surface area (Å²) in [5, 5.41) is 2.90. The Labute approximate surface area is 114 Å². The lowest BCUT2D eigenvalue weighted by Crippen LogP contribution is -2.44. The third-order valence-corrected chi connectivity index (χ3v) is 3.13. The van der Waals surface area contributed by atoms with Crippen LogP contribution in [0.1, 0.15) is 32.6 Å². The van der Waals surface area contributed by atoms with Gasteiger partial charge in [0, 0.05) is 6.54 Å². The van der Waals surface area contributed by atoms with Gasteiger partial charge < -0.3 is 14.8 Å². The van der Waals surface area contributed by atoms with E-state index in [1.807, 2.05) is 24.3 Å². The topological polar surface area (TPSA) is 47.6 Å². The molecule has 1 aliphatic heterocycles. The molecule has 19 heavy (non-hydrogen) atoms. The molecule has 1 atom stereocenters. The van der Waals surface area contributed by atoms with Gasteiger partial charge in [-0.2, -0.15) is 0 Å². The number of fused-ring (bicyclic) bond motifs is 1. The van der Waals surface area contributed by atoms with Crippen molar-refractivity contribution in [2.24, 2.45) is 0 Å². The molecular formula is C15H21NO3. The van der Waals surface area contributed by atoms with Crippen LogP contribution in [0.15, 0.2) is 24.3 Å². The molecule has 2 rings (SSSR count). The van der Waals surface area contributed by atoms with Crippen molar-refractivity contribution in [1.82, 2.24) is 5.32 Å². The van der Waals surface area contributed by atoms with Crippen molar-refractivity contribution in [3.8, 4) is 11.5 Å². The summed E-state index contributed by atoms with van der Waals surface area (Å²) in [5.41, 5.74) is 0. The number of ether oxygens (including phenoxy) is 2. The van der Waals surface area contributed by atoms with E-state index in [9.17, 15) is 4.79 Å². The number of carbonyl (C=O) groups is 1. The van der Waals surface area contributed by atoms with Crippen LogP contribution in [0.3, 0.4) is 0 Å². The Balaban J connectivity index is 1.76. The standard InChI is InChI=1S/C15H21NO3/c1-2-3-4-7-10-16-15(17)14-11-18-12-8-5-6-9-13(12)19-14/h5-6,8-9,14H,2-4,7,10-11H2,1H3,(H,16,17)/t14-/m0/s1. The van der Waals surface area contributed by atoms with Crippen LogP contribution in [0.5, 0.6) is 11.5 Å². The number of rotatable bonds is 6. The van der Waals surface area contributed by atoms with Gasteiger partial charge in [0.2, 0.25) is 6.10 Å². The summed E-state index contributed by atoms with van der Waals surface area (Å²) >= 11 is 0. The number of nitrogens with one attached hydrogen (secondary N) is 1. The Hall–Kier alpha value is -1.71. The Morgan fingerprint density at radius 2 is 2.05 bits per heavy atom. The maximum absolute atomic E-state index is 11.9. The van der Waals surface area contributed by atoms with E-state index in [1.165, 1.54) is 12.8 Å². The summed E-state index contributed by atoms with van der Waals surface area (Å²) in [5.74, 6) is 1.25. The number of benzene rings is 1. The predicted octanol–water partition coefficient (Wildman–Crippen LogP) is 2.52. The van der Waals surface area contributed by atoms with E-state index < -0.39 is 6.10 Å². The van der Waals surface area contributed by atoms with Crippen molar-refractivity contribution in [2.45, 2.75) is 38.7 Å². The average Bonchev–Trinajstić information content (AvgIpc) is 2.46. The van der Waals surface area contributed by atoms with Gasteiger partial charge in [-0.1, -0.05) is 38.3 Å². The highest BCUT2D eigenvalue weighted by molar-refractivity contribution is 5.81. The van der Waals surface area contributed by atoms with Crippen LogP contribution >= 0.6 is 0 Å². The zero-order valence-electron chi connectivity index (χ0n) is 11.4. The van der Waals surface area contributed by atoms with Gasteiger partial charge in [-0.15, -0.1) is 0 Å². The Bertz CT molecular complexity index is 420. The predicted molar refractivity (Wildman–Crippen MR) is 73.5 cm³/mol. The zero-order valence-corrected chi connectivity index (χ0v) is 11.4. The second kappa shape index (κ2) is 7.02. The molecule has 4 nitrogen and oxygen atoms in total. The molecule has 0 radical (unpaired) electrons. The largest absolute Gasteiger partial charge is 0.485 e. The van der Waals surface area contributed by atoms with Crippen LogP contribution in [-0.4, -0.2) is 25.2 Å². The Morgan fingerprint density at radius 1 is 1.26 bits per heavy atom. The first-order valence-electron chi connectivity index (χ1n) is 6.97. The second-order valence-corrected chi connectivity index (χ2v) is 4.72. The molecule has 1 N–H and O–H groups in total. The molecule has 0 fully saturated rings. The third-order valence-electron chi connectivity index (χ3n) is 3.13. The lowest BCUT2D eigenvalue weighted by atomic mass is 10.2. The first-order chi connectivity index (χ1) is 9.31. The highest BCUT2D eigenvalue weighted by Gasteiger charge is 2.26. The molecule has 1 amide bonds. The Kier molecular flexibility index (Phi) is 5.07. The van der Waals surface area contributed by atoms with Crippen LogP contribution < -0.4 is 14.8 Å². The van der Waals surface area contributed by atoms with Crippen molar-refractivity contribution in [3.05, 3.63) is 24.3 Å². The molecule has 0 saturated carbocycles. The van der Waals surface area contributed by atoms with Gasteiger partial charge >= 0.3 is 0 Å². The maximum Gasteiger partial charge on any atom is 0.264 e. The van der Waals surface area contributed by atoms with Crippen LogP contribution in [0, 0.1) is 0 Å². The van der Waals surface area contributed by atoms with E-state index in [-0.39, 0.29) is 12.5 Å². The average molecular weight is 263 g/mol. The van der Waals surface area contributed by atoms with Gasteiger partial charge in [-0.3, -0.25) is 4.79 Å². The Morgan fingerprint density at radius 3 is 2.84 bits per heavy atom. The molecular weight excluding hydrogens is 242 g/mol. The van der Waals surface area contributed by atoms with Gasteiger partial charge in [-0.25, -0.2) is 0 Å². The van der Waals surface area contributed by atoms with Crippen LogP contribution in [0.25, 0.3) is 0 Å². The highest BCUT2D eigenvalue weighted by atomic mass is 16.6. The lowest BCUT2D eigenvalue weighted by molar-refractivity contribution is -0.130. The number of hydrogen-bond donors (Lipinski definition) is 1. The van der Waals surface area contributed by atoms with Gasteiger partial charge in [-0.05, 0) is 18.6 Å². The highest BCUT2D eigenvalue weighted by Crippen LogP contribution is 2.30. The smallest absolute Gasteiger partial charge is 0.264 e. The number of unbranched alkanes of at least 4 members (excludes halogenated alkanes) is 3. The SMILES string of the molecule is CCCCCCNC(=O)[C@@H]1COc2ccccc2O1. The normalized spacial score (nSPS) is 17.0. The summed E-state index contributed by atoms with van der Waals surface area (Å²) < 4.78 is 11.2. The van der Waals surface area contributed by atoms with Crippen molar-refractivity contribution in [1.29, 1.82) is 0 Å². The molecule has 104 valence electrons. The van der Waals surface area contributed by atoms with Crippen LogP contribution in [0.2, 0.25) is 0 Å². The quantitative estimate of drug-likeness (QED) is 0.802. The summed E-state index contributed by atoms with van der Waals surface area (Å²) in [6, 6.07) is 7.41. The van der Waals surface area contributed by atoms with E-state index in [0.29, 0.717) is 18.0 Å². The first-order valence-corrected chi connectivity index (χ1v) is 6.97. The molecule has 0 unspecified atom stereocenters. The van der Waals surface area contributed by atoms with Crippen molar-refractivity contribution >= 4 is 5.91 Å². The monoisotopic (exact) mass is 263 g/mol. The molecule has 0 aliphatic carbocycles. The maximum atomic E-state index is 11.9. The van der Waals surface area contributed by atoms with E-state index in [1.54, 1.807) is 0 Å². The minimum Gasteiger partial charge on any atom is -0.485 e. The van der Waals surface area contributed by atoms with Gasteiger partial charge in [0.05, 0.1) is 0 Å². The molecule has 0 saturated heterocycles. The van der Waals surface area contributed by atoms with Gasteiger partial charge in [0.25, 0.3) is 5.91 Å². The van der Waals surface area contributed by atoms with Crippen molar-refractivity contribution in [2.75, 3.05) is 13.2 Å². The minimum absolute atomic E-state index is 0.0917. The summed E-state index contributed by atoms with van der Waals surface area (Å²) in [6.07, 6.45) is 4.04. The van der Waals surface area contributed by atoms with E-state index in [4.69, 9.17) is 9.47 Å². The first kappa shape index (κ1) is 13.7. The van der Waals surface area contributed by atoms with E-state index in [0.717, 1.165) is 12.8 Å². The molecule has 1 heterocycles. The summed E-state index contributed by atoms with van der Waals surface area (Å²) in [7, 11) is 0. The fourth-order valence-electron chi connectivity index (χ4n) is 2.03. The molecule has 0 aromatic heterocycles. The fraction of sp³-hybridized carbons (Fsp3) is 0.533. The van der Waals surface area contributed by atoms with Crippen molar-refractivity contribution in [3.63, 3.8) is 0 Å². The molecule has 4 heteroatoms. The molecule has 1 aromatic rings. The second-order valence-electron chi connectivity index (χ2n) is 4.72. The fourth-order valence-corrected chi connectivity index (χ4v) is 2.03. The number of hydrogen-bond acceptors (Lipinski definition) is 3. The third kappa shape index (κ3) is 3.88. The minimum atomic E-state index is -0.541. The zero-order chi connectivity index (χ0) is 13.5. The summed E-state index contributed by atoms with van der Waals surface area (Å²) in [4.78, 5) is 11.9. The number of amides is 1. The van der Waals surface area contributed by atoms with E-state index >= 15 is 0 Å². The molecule has 0 spiro atoms. The number of para-hydroxylation sites is 2. The van der Waals surface area contributed by atoms with Crippen molar-refractivity contribution < 1.29 is 14.3 Å². The van der Waals surface area contributed by atoms with E-state index in [2.05, 4.69) is 12.2 Å².